The van der Waals surface area contributed by atoms with Crippen LogP contribution in [-0.4, -0.2) is 22.5 Å². The highest BCUT2D eigenvalue weighted by atomic mass is 35.5. The van der Waals surface area contributed by atoms with Gasteiger partial charge in [0.05, 0.1) is 6.61 Å². The maximum absolute atomic E-state index is 5.74. The van der Waals surface area contributed by atoms with E-state index in [0.29, 0.717) is 24.2 Å². The topological polar surface area (TPSA) is 47.0 Å². The fourth-order valence-electron chi connectivity index (χ4n) is 2.05. The SMILES string of the molecule is CCOc1cc(Nc2cccc(CCCCl)c2)nc(C)n1. The average molecular weight is 306 g/mol. The van der Waals surface area contributed by atoms with Crippen LogP contribution in [0.4, 0.5) is 11.5 Å². The first-order chi connectivity index (χ1) is 10.2. The smallest absolute Gasteiger partial charge is 0.218 e. The molecule has 0 spiro atoms. The van der Waals surface area contributed by atoms with Crippen LogP contribution in [0.25, 0.3) is 0 Å². The lowest BCUT2D eigenvalue weighted by Crippen LogP contribution is -2.01. The number of anilines is 2. The molecule has 5 heteroatoms. The fourth-order valence-corrected chi connectivity index (χ4v) is 2.18. The van der Waals surface area contributed by atoms with E-state index in [2.05, 4.69) is 27.4 Å². The van der Waals surface area contributed by atoms with Gasteiger partial charge in [-0.2, -0.15) is 4.98 Å². The van der Waals surface area contributed by atoms with E-state index in [4.69, 9.17) is 16.3 Å². The molecule has 4 nitrogen and oxygen atoms in total. The minimum absolute atomic E-state index is 0.587. The molecule has 2 rings (SSSR count). The molecular formula is C16H20ClN3O. The Bertz CT molecular complexity index is 589. The Kier molecular flexibility index (Phi) is 5.81. The van der Waals surface area contributed by atoms with Crippen LogP contribution in [0.1, 0.15) is 24.7 Å². The summed E-state index contributed by atoms with van der Waals surface area (Å²) in [5.74, 6) is 2.69. The summed E-state index contributed by atoms with van der Waals surface area (Å²) < 4.78 is 5.44. The summed E-state index contributed by atoms with van der Waals surface area (Å²) in [6.07, 6.45) is 1.96. The summed E-state index contributed by atoms with van der Waals surface area (Å²) in [4.78, 5) is 8.62. The Hall–Kier alpha value is -1.81. The van der Waals surface area contributed by atoms with Crippen LogP contribution in [0.2, 0.25) is 0 Å². The third-order valence-corrected chi connectivity index (χ3v) is 3.17. The van der Waals surface area contributed by atoms with Crippen LogP contribution in [0.5, 0.6) is 5.88 Å². The van der Waals surface area contributed by atoms with Crippen LogP contribution in [0.3, 0.4) is 0 Å². The van der Waals surface area contributed by atoms with Crippen LogP contribution >= 0.6 is 11.6 Å². The summed E-state index contributed by atoms with van der Waals surface area (Å²) in [5, 5.41) is 3.30. The van der Waals surface area contributed by atoms with E-state index in [0.717, 1.165) is 24.3 Å². The van der Waals surface area contributed by atoms with Gasteiger partial charge in [-0.3, -0.25) is 0 Å². The second-order valence-electron chi connectivity index (χ2n) is 4.69. The summed E-state index contributed by atoms with van der Waals surface area (Å²) in [6.45, 7) is 4.37. The number of hydrogen-bond donors (Lipinski definition) is 1. The van der Waals surface area contributed by atoms with Gasteiger partial charge in [-0.1, -0.05) is 12.1 Å². The number of hydrogen-bond acceptors (Lipinski definition) is 4. The van der Waals surface area contributed by atoms with Gasteiger partial charge in [-0.25, -0.2) is 4.98 Å². The molecule has 0 radical (unpaired) electrons. The Morgan fingerprint density at radius 1 is 1.24 bits per heavy atom. The van der Waals surface area contributed by atoms with Crippen molar-refractivity contribution in [3.63, 3.8) is 0 Å². The minimum Gasteiger partial charge on any atom is -0.478 e. The number of nitrogens with zero attached hydrogens (tertiary/aromatic N) is 2. The van der Waals surface area contributed by atoms with E-state index in [1.165, 1.54) is 5.56 Å². The Morgan fingerprint density at radius 2 is 2.10 bits per heavy atom. The van der Waals surface area contributed by atoms with Crippen molar-refractivity contribution in [2.24, 2.45) is 0 Å². The van der Waals surface area contributed by atoms with Gasteiger partial charge < -0.3 is 10.1 Å². The number of aromatic nitrogens is 2. The van der Waals surface area contributed by atoms with Crippen molar-refractivity contribution in [3.8, 4) is 5.88 Å². The zero-order valence-electron chi connectivity index (χ0n) is 12.4. The molecular weight excluding hydrogens is 286 g/mol. The molecule has 0 amide bonds. The lowest BCUT2D eigenvalue weighted by atomic mass is 10.1. The molecule has 0 bridgehead atoms. The first kappa shape index (κ1) is 15.6. The fraction of sp³-hybridized carbons (Fsp3) is 0.375. The maximum atomic E-state index is 5.74. The monoisotopic (exact) mass is 305 g/mol. The summed E-state index contributed by atoms with van der Waals surface area (Å²) >= 11 is 5.74. The number of halogens is 1. The Balaban J connectivity index is 2.13. The average Bonchev–Trinajstić information content (AvgIpc) is 2.45. The Morgan fingerprint density at radius 3 is 2.86 bits per heavy atom. The van der Waals surface area contributed by atoms with Gasteiger partial charge in [-0.05, 0) is 44.4 Å². The van der Waals surface area contributed by atoms with E-state index in [-0.39, 0.29) is 0 Å². The maximum Gasteiger partial charge on any atom is 0.218 e. The molecule has 0 aliphatic heterocycles. The predicted octanol–water partition coefficient (Wildman–Crippen LogP) is 4.10. The lowest BCUT2D eigenvalue weighted by Gasteiger charge is -2.10. The van der Waals surface area contributed by atoms with Gasteiger partial charge in [0.1, 0.15) is 11.6 Å². The zero-order valence-corrected chi connectivity index (χ0v) is 13.2. The highest BCUT2D eigenvalue weighted by Gasteiger charge is 2.03. The van der Waals surface area contributed by atoms with Gasteiger partial charge >= 0.3 is 0 Å². The minimum atomic E-state index is 0.587. The van der Waals surface area contributed by atoms with E-state index in [1.54, 1.807) is 0 Å². The van der Waals surface area contributed by atoms with Crippen LogP contribution in [0, 0.1) is 6.92 Å². The molecule has 0 aliphatic carbocycles. The van der Waals surface area contributed by atoms with Crippen molar-refractivity contribution in [2.75, 3.05) is 17.8 Å². The summed E-state index contributed by atoms with van der Waals surface area (Å²) in [6, 6.07) is 10.1. The highest BCUT2D eigenvalue weighted by Crippen LogP contribution is 2.20. The molecule has 1 N–H and O–H groups in total. The molecule has 0 atom stereocenters. The standard InChI is InChI=1S/C16H20ClN3O/c1-3-21-16-11-15(18-12(2)19-16)20-14-8-4-6-13(10-14)7-5-9-17/h4,6,8,10-11H,3,5,7,9H2,1-2H3,(H,18,19,20). The predicted molar refractivity (Wildman–Crippen MR) is 86.7 cm³/mol. The molecule has 2 aromatic rings. The number of alkyl halides is 1. The van der Waals surface area contributed by atoms with Gasteiger partial charge in [0.25, 0.3) is 0 Å². The van der Waals surface area contributed by atoms with Gasteiger partial charge in [0.15, 0.2) is 0 Å². The van der Waals surface area contributed by atoms with Crippen molar-refractivity contribution >= 4 is 23.1 Å². The largest absolute Gasteiger partial charge is 0.478 e. The van der Waals surface area contributed by atoms with Crippen molar-refractivity contribution in [1.82, 2.24) is 9.97 Å². The summed E-state index contributed by atoms with van der Waals surface area (Å²) in [5.41, 5.74) is 2.26. The molecule has 0 aliphatic rings. The first-order valence-corrected chi connectivity index (χ1v) is 7.65. The van der Waals surface area contributed by atoms with Gasteiger partial charge in [0, 0.05) is 17.6 Å². The first-order valence-electron chi connectivity index (χ1n) is 7.11. The Labute approximate surface area is 130 Å². The second kappa shape index (κ2) is 7.84. The number of benzene rings is 1. The molecule has 112 valence electrons. The molecule has 1 aromatic heterocycles. The number of ether oxygens (including phenoxy) is 1. The molecule has 1 heterocycles. The zero-order chi connectivity index (χ0) is 15.1. The van der Waals surface area contributed by atoms with E-state index < -0.39 is 0 Å². The number of rotatable bonds is 7. The summed E-state index contributed by atoms with van der Waals surface area (Å²) in [7, 11) is 0. The normalized spacial score (nSPS) is 10.4. The van der Waals surface area contributed by atoms with E-state index in [1.807, 2.05) is 32.0 Å². The van der Waals surface area contributed by atoms with Crippen LogP contribution in [0.15, 0.2) is 30.3 Å². The van der Waals surface area contributed by atoms with Crippen LogP contribution in [-0.2, 0) is 6.42 Å². The van der Waals surface area contributed by atoms with Crippen molar-refractivity contribution in [3.05, 3.63) is 41.7 Å². The lowest BCUT2D eigenvalue weighted by molar-refractivity contribution is 0.325. The van der Waals surface area contributed by atoms with Crippen molar-refractivity contribution in [1.29, 1.82) is 0 Å². The van der Waals surface area contributed by atoms with E-state index >= 15 is 0 Å². The molecule has 0 unspecified atom stereocenters. The molecule has 1 aromatic carbocycles. The van der Waals surface area contributed by atoms with Crippen molar-refractivity contribution in [2.45, 2.75) is 26.7 Å². The quantitative estimate of drug-likeness (QED) is 0.782. The van der Waals surface area contributed by atoms with Gasteiger partial charge in [0.2, 0.25) is 5.88 Å². The number of nitrogens with one attached hydrogen (secondary N) is 1. The number of aryl methyl sites for hydroxylation is 2. The van der Waals surface area contributed by atoms with Crippen LogP contribution < -0.4 is 10.1 Å². The highest BCUT2D eigenvalue weighted by molar-refractivity contribution is 6.17. The van der Waals surface area contributed by atoms with Crippen molar-refractivity contribution < 1.29 is 4.74 Å². The van der Waals surface area contributed by atoms with E-state index in [9.17, 15) is 0 Å². The second-order valence-corrected chi connectivity index (χ2v) is 5.07. The van der Waals surface area contributed by atoms with Gasteiger partial charge in [-0.15, -0.1) is 11.6 Å². The molecule has 0 saturated carbocycles. The third-order valence-electron chi connectivity index (χ3n) is 2.91. The molecule has 0 fully saturated rings. The molecule has 0 saturated heterocycles. The third kappa shape index (κ3) is 4.90. The molecule has 21 heavy (non-hydrogen) atoms.